The molecule has 0 radical (unpaired) electrons. The largest absolute Gasteiger partial charge is 0.481 e. The molecule has 0 spiro atoms. The van der Waals surface area contributed by atoms with E-state index in [-0.39, 0.29) is 24.1 Å². The van der Waals surface area contributed by atoms with E-state index in [4.69, 9.17) is 9.94 Å². The molecule has 7 heteroatoms. The number of likely N-dealkylation sites (tertiary alicyclic amines) is 1. The molecule has 1 aromatic rings. The number of carboxylic acids is 1. The summed E-state index contributed by atoms with van der Waals surface area (Å²) in [4.78, 5) is 30.4. The lowest BCUT2D eigenvalue weighted by Gasteiger charge is -2.33. The topological polar surface area (TPSA) is 79.2 Å². The van der Waals surface area contributed by atoms with Crippen molar-refractivity contribution in [3.63, 3.8) is 0 Å². The highest BCUT2D eigenvalue weighted by atomic mass is 19.1. The number of carbonyl (C=O) groups is 2. The second-order valence-corrected chi connectivity index (χ2v) is 6.57. The highest BCUT2D eigenvalue weighted by Crippen LogP contribution is 2.24. The van der Waals surface area contributed by atoms with E-state index in [1.807, 2.05) is 0 Å². The molecule has 1 aromatic carbocycles. The van der Waals surface area contributed by atoms with Crippen LogP contribution < -0.4 is 0 Å². The minimum atomic E-state index is -0.810. The standard InChI is InChI=1S/C18H21FN2O4/c19-14-5-1-4-13(9-14)15-10-16(25-20-15)18(24)21-8-2-3-12(11-21)6-7-17(22)23/h1,4-5,9,12,16H,2-3,6-8,10-11H2,(H,22,23). The molecule has 2 unspecified atom stereocenters. The van der Waals surface area contributed by atoms with Gasteiger partial charge >= 0.3 is 5.97 Å². The van der Waals surface area contributed by atoms with Crippen molar-refractivity contribution in [2.75, 3.05) is 13.1 Å². The molecule has 1 fully saturated rings. The number of benzene rings is 1. The van der Waals surface area contributed by atoms with Crippen molar-refractivity contribution >= 4 is 17.6 Å². The molecule has 1 N–H and O–H groups in total. The van der Waals surface area contributed by atoms with Crippen LogP contribution in [0.2, 0.25) is 0 Å². The molecule has 0 aromatic heterocycles. The number of rotatable bonds is 5. The molecule has 2 heterocycles. The number of hydrogen-bond donors (Lipinski definition) is 1. The first-order valence-electron chi connectivity index (χ1n) is 8.52. The third kappa shape index (κ3) is 4.35. The molecule has 1 saturated heterocycles. The zero-order valence-electron chi connectivity index (χ0n) is 13.9. The van der Waals surface area contributed by atoms with Gasteiger partial charge in [-0.05, 0) is 37.3 Å². The lowest BCUT2D eigenvalue weighted by atomic mass is 9.93. The summed E-state index contributed by atoms with van der Waals surface area (Å²) in [7, 11) is 0. The SMILES string of the molecule is O=C(O)CCC1CCCN(C(=O)C2CC(c3cccc(F)c3)=NO2)C1. The molecule has 0 saturated carbocycles. The number of nitrogens with zero attached hydrogens (tertiary/aromatic N) is 2. The molecule has 2 aliphatic rings. The summed E-state index contributed by atoms with van der Waals surface area (Å²) in [6.45, 7) is 1.21. The van der Waals surface area contributed by atoms with Crippen LogP contribution in [-0.4, -0.2) is 46.8 Å². The van der Waals surface area contributed by atoms with Crippen molar-refractivity contribution in [2.24, 2.45) is 11.1 Å². The van der Waals surface area contributed by atoms with Crippen molar-refractivity contribution in [3.05, 3.63) is 35.6 Å². The molecule has 25 heavy (non-hydrogen) atoms. The number of hydrogen-bond acceptors (Lipinski definition) is 4. The summed E-state index contributed by atoms with van der Waals surface area (Å²) in [5.41, 5.74) is 1.19. The van der Waals surface area contributed by atoms with E-state index in [1.165, 1.54) is 12.1 Å². The zero-order valence-corrected chi connectivity index (χ0v) is 13.9. The van der Waals surface area contributed by atoms with Crippen LogP contribution in [-0.2, 0) is 14.4 Å². The van der Waals surface area contributed by atoms with E-state index in [2.05, 4.69) is 5.16 Å². The Morgan fingerprint density at radius 2 is 2.24 bits per heavy atom. The van der Waals surface area contributed by atoms with Gasteiger partial charge in [-0.1, -0.05) is 17.3 Å². The smallest absolute Gasteiger partial charge is 0.303 e. The molecule has 2 aliphatic heterocycles. The maximum atomic E-state index is 13.3. The van der Waals surface area contributed by atoms with E-state index in [9.17, 15) is 14.0 Å². The van der Waals surface area contributed by atoms with Gasteiger partial charge in [0.05, 0.1) is 5.71 Å². The number of amides is 1. The normalized spacial score (nSPS) is 23.1. The monoisotopic (exact) mass is 348 g/mol. The first-order valence-corrected chi connectivity index (χ1v) is 8.52. The van der Waals surface area contributed by atoms with Crippen LogP contribution in [0.4, 0.5) is 4.39 Å². The fourth-order valence-electron chi connectivity index (χ4n) is 3.38. The van der Waals surface area contributed by atoms with Gasteiger partial charge in [-0.3, -0.25) is 9.59 Å². The molecular weight excluding hydrogens is 327 g/mol. The van der Waals surface area contributed by atoms with Crippen molar-refractivity contribution in [3.8, 4) is 0 Å². The predicted octanol–water partition coefficient (Wildman–Crippen LogP) is 2.42. The Morgan fingerprint density at radius 3 is 3.00 bits per heavy atom. The molecule has 0 bridgehead atoms. The molecule has 3 rings (SSSR count). The third-order valence-corrected chi connectivity index (χ3v) is 4.70. The van der Waals surface area contributed by atoms with Crippen LogP contribution in [0.25, 0.3) is 0 Å². The molecule has 6 nitrogen and oxygen atoms in total. The Labute approximate surface area is 145 Å². The summed E-state index contributed by atoms with van der Waals surface area (Å²) in [6.07, 6.45) is 2.14. The summed E-state index contributed by atoms with van der Waals surface area (Å²) in [6, 6.07) is 6.06. The number of carboxylic acid groups (broad SMARTS) is 1. The average molecular weight is 348 g/mol. The quantitative estimate of drug-likeness (QED) is 0.886. The van der Waals surface area contributed by atoms with E-state index in [1.54, 1.807) is 17.0 Å². The Balaban J connectivity index is 1.56. The summed E-state index contributed by atoms with van der Waals surface area (Å²) >= 11 is 0. The van der Waals surface area contributed by atoms with Crippen LogP contribution in [0, 0.1) is 11.7 Å². The fraction of sp³-hybridized carbons (Fsp3) is 0.500. The Hall–Kier alpha value is -2.44. The van der Waals surface area contributed by atoms with E-state index in [0.29, 0.717) is 37.2 Å². The second kappa shape index (κ2) is 7.63. The Morgan fingerprint density at radius 1 is 1.40 bits per heavy atom. The third-order valence-electron chi connectivity index (χ3n) is 4.70. The summed E-state index contributed by atoms with van der Waals surface area (Å²) in [5.74, 6) is -1.09. The van der Waals surface area contributed by atoms with Gasteiger partial charge in [0.2, 0.25) is 6.10 Å². The minimum absolute atomic E-state index is 0.124. The molecular formula is C18H21FN2O4. The van der Waals surface area contributed by atoms with Gasteiger partial charge < -0.3 is 14.8 Å². The molecule has 2 atom stereocenters. The van der Waals surface area contributed by atoms with Gasteiger partial charge in [0.25, 0.3) is 5.91 Å². The fourth-order valence-corrected chi connectivity index (χ4v) is 3.38. The van der Waals surface area contributed by atoms with Crippen LogP contribution >= 0.6 is 0 Å². The van der Waals surface area contributed by atoms with E-state index >= 15 is 0 Å². The highest BCUT2D eigenvalue weighted by Gasteiger charge is 2.34. The Kier molecular flexibility index (Phi) is 5.31. The first kappa shape index (κ1) is 17.4. The van der Waals surface area contributed by atoms with Crippen molar-refractivity contribution in [2.45, 2.75) is 38.2 Å². The van der Waals surface area contributed by atoms with Crippen molar-refractivity contribution in [1.29, 1.82) is 0 Å². The lowest BCUT2D eigenvalue weighted by molar-refractivity contribution is -0.144. The first-order chi connectivity index (χ1) is 12.0. The number of piperidine rings is 1. The molecule has 0 aliphatic carbocycles. The van der Waals surface area contributed by atoms with Crippen LogP contribution in [0.15, 0.2) is 29.4 Å². The van der Waals surface area contributed by atoms with Crippen molar-refractivity contribution in [1.82, 2.24) is 4.90 Å². The minimum Gasteiger partial charge on any atom is -0.481 e. The summed E-state index contributed by atoms with van der Waals surface area (Å²) in [5, 5.41) is 12.8. The van der Waals surface area contributed by atoms with Gasteiger partial charge in [-0.15, -0.1) is 0 Å². The Bertz CT molecular complexity index is 691. The molecule has 1 amide bonds. The maximum absolute atomic E-state index is 13.3. The highest BCUT2D eigenvalue weighted by molar-refractivity contribution is 6.04. The van der Waals surface area contributed by atoms with Crippen molar-refractivity contribution < 1.29 is 23.9 Å². The predicted molar refractivity (Wildman–Crippen MR) is 88.6 cm³/mol. The summed E-state index contributed by atoms with van der Waals surface area (Å²) < 4.78 is 13.3. The van der Waals surface area contributed by atoms with Gasteiger partial charge in [-0.2, -0.15) is 0 Å². The molecule has 134 valence electrons. The van der Waals surface area contributed by atoms with Crippen LogP contribution in [0.3, 0.4) is 0 Å². The van der Waals surface area contributed by atoms with Crippen LogP contribution in [0.5, 0.6) is 0 Å². The van der Waals surface area contributed by atoms with Gasteiger partial charge in [0.1, 0.15) is 5.82 Å². The van der Waals surface area contributed by atoms with Gasteiger partial charge in [0.15, 0.2) is 0 Å². The van der Waals surface area contributed by atoms with E-state index < -0.39 is 12.1 Å². The van der Waals surface area contributed by atoms with Gasteiger partial charge in [-0.25, -0.2) is 4.39 Å². The average Bonchev–Trinajstić information content (AvgIpc) is 3.10. The maximum Gasteiger partial charge on any atom is 0.303 e. The number of carbonyl (C=O) groups excluding carboxylic acids is 1. The van der Waals surface area contributed by atoms with Gasteiger partial charge in [0, 0.05) is 31.5 Å². The number of halogens is 1. The zero-order chi connectivity index (χ0) is 17.8. The number of oxime groups is 1. The second-order valence-electron chi connectivity index (χ2n) is 6.57. The van der Waals surface area contributed by atoms with Crippen LogP contribution in [0.1, 0.15) is 37.7 Å². The number of aliphatic carboxylic acids is 1. The lowest BCUT2D eigenvalue weighted by Crippen LogP contribution is -2.45. The van der Waals surface area contributed by atoms with E-state index in [0.717, 1.165) is 12.8 Å².